The molecule has 0 saturated carbocycles. The predicted molar refractivity (Wildman–Crippen MR) is 132 cm³/mol. The minimum atomic E-state index is -1.22. The molecule has 0 amide bonds. The molecule has 7 heteroatoms. The molecule has 4 rings (SSSR count). The normalized spacial score (nSPS) is 21.9. The molecule has 1 aliphatic heterocycles. The Bertz CT molecular complexity index is 1210. The first-order chi connectivity index (χ1) is 16.7. The summed E-state index contributed by atoms with van der Waals surface area (Å²) < 4.78 is 41.2. The Morgan fingerprint density at radius 2 is 1.77 bits per heavy atom. The highest BCUT2D eigenvalue weighted by Gasteiger charge is 2.42. The molecule has 1 aliphatic rings. The van der Waals surface area contributed by atoms with Gasteiger partial charge in [-0.25, -0.2) is 13.6 Å². The molecule has 1 heterocycles. The van der Waals surface area contributed by atoms with E-state index in [2.05, 4.69) is 22.5 Å². The van der Waals surface area contributed by atoms with Crippen molar-refractivity contribution in [3.05, 3.63) is 112 Å². The van der Waals surface area contributed by atoms with Crippen molar-refractivity contribution in [1.82, 2.24) is 0 Å². The summed E-state index contributed by atoms with van der Waals surface area (Å²) >= 11 is 3.34. The number of carboxylic acid groups (broad SMARTS) is 1. The van der Waals surface area contributed by atoms with Gasteiger partial charge in [-0.3, -0.25) is 0 Å². The molecule has 3 aromatic rings. The number of benzene rings is 3. The fourth-order valence-electron chi connectivity index (χ4n) is 4.67. The van der Waals surface area contributed by atoms with E-state index >= 15 is 0 Å². The van der Waals surface area contributed by atoms with Crippen LogP contribution in [-0.2, 0) is 9.53 Å². The van der Waals surface area contributed by atoms with E-state index in [9.17, 15) is 13.6 Å². The van der Waals surface area contributed by atoms with Crippen LogP contribution in [0, 0.1) is 17.6 Å². The van der Waals surface area contributed by atoms with Crippen molar-refractivity contribution in [2.45, 2.75) is 31.5 Å². The summed E-state index contributed by atoms with van der Waals surface area (Å²) in [4.78, 5) is 11.1. The summed E-state index contributed by atoms with van der Waals surface area (Å²) in [7, 11) is 0. The van der Waals surface area contributed by atoms with Crippen molar-refractivity contribution in [3.8, 4) is 5.75 Å². The maximum atomic E-state index is 15.0. The van der Waals surface area contributed by atoms with E-state index in [-0.39, 0.29) is 23.4 Å². The van der Waals surface area contributed by atoms with Crippen molar-refractivity contribution in [1.29, 1.82) is 0 Å². The Hall–Kier alpha value is -3.03. The summed E-state index contributed by atoms with van der Waals surface area (Å²) in [5.74, 6) is -2.70. The minimum absolute atomic E-state index is 0.0694. The lowest BCUT2D eigenvalue weighted by Crippen LogP contribution is -2.32. The van der Waals surface area contributed by atoms with E-state index in [4.69, 9.17) is 14.6 Å². The average molecular weight is 543 g/mol. The second-order valence-electron chi connectivity index (χ2n) is 8.72. The average Bonchev–Trinajstić information content (AvgIpc) is 2.83. The maximum absolute atomic E-state index is 15.0. The van der Waals surface area contributed by atoms with Crippen molar-refractivity contribution in [2.24, 2.45) is 5.92 Å². The second-order valence-corrected chi connectivity index (χ2v) is 9.64. The van der Waals surface area contributed by atoms with E-state index in [1.54, 1.807) is 18.2 Å². The first-order valence-electron chi connectivity index (χ1n) is 11.2. The number of carboxylic acids is 1. The quantitative estimate of drug-likeness (QED) is 0.316. The molecular weight excluding hydrogens is 518 g/mol. The monoisotopic (exact) mass is 542 g/mol. The zero-order valence-electron chi connectivity index (χ0n) is 19.1. The third-order valence-electron chi connectivity index (χ3n) is 6.27. The number of hydrogen-bond donors (Lipinski definition) is 1. The van der Waals surface area contributed by atoms with Crippen molar-refractivity contribution >= 4 is 21.9 Å². The van der Waals surface area contributed by atoms with Crippen LogP contribution in [0.5, 0.6) is 5.75 Å². The van der Waals surface area contributed by atoms with Crippen LogP contribution in [0.25, 0.3) is 0 Å². The number of aliphatic carboxylic acids is 1. The van der Waals surface area contributed by atoms with E-state index < -0.39 is 30.6 Å². The first kappa shape index (κ1) is 25.1. The van der Waals surface area contributed by atoms with Gasteiger partial charge in [-0.05, 0) is 48.7 Å². The lowest BCUT2D eigenvalue weighted by atomic mass is 9.74. The van der Waals surface area contributed by atoms with Crippen LogP contribution in [0.2, 0.25) is 0 Å². The molecular formula is C28H25BrF2O4. The van der Waals surface area contributed by atoms with Crippen molar-refractivity contribution < 1.29 is 28.2 Å². The molecule has 0 radical (unpaired) electrons. The fourth-order valence-corrected chi connectivity index (χ4v) is 5.12. The number of carbonyl (C=O) groups is 1. The molecule has 1 saturated heterocycles. The Labute approximate surface area is 211 Å². The molecule has 0 spiro atoms. The van der Waals surface area contributed by atoms with Crippen LogP contribution in [0.4, 0.5) is 8.78 Å². The fraction of sp³-hybridized carbons (Fsp3) is 0.250. The van der Waals surface area contributed by atoms with Gasteiger partial charge in [-0.15, -0.1) is 0 Å². The zero-order valence-corrected chi connectivity index (χ0v) is 20.7. The topological polar surface area (TPSA) is 55.8 Å². The smallest absolute Gasteiger partial charge is 0.341 e. The van der Waals surface area contributed by atoms with Crippen LogP contribution in [0.1, 0.15) is 48.2 Å². The number of hydrogen-bond acceptors (Lipinski definition) is 3. The maximum Gasteiger partial charge on any atom is 0.341 e. The lowest BCUT2D eigenvalue weighted by molar-refractivity contribution is -0.139. The van der Waals surface area contributed by atoms with Gasteiger partial charge < -0.3 is 14.6 Å². The minimum Gasteiger partial charge on any atom is -0.479 e. The van der Waals surface area contributed by atoms with Crippen LogP contribution in [-0.4, -0.2) is 17.7 Å². The summed E-state index contributed by atoms with van der Waals surface area (Å²) in [5.41, 5.74) is 3.09. The Balaban J connectivity index is 1.83. The van der Waals surface area contributed by atoms with Gasteiger partial charge in [0.2, 0.25) is 0 Å². The van der Waals surface area contributed by atoms with Gasteiger partial charge in [-0.2, -0.15) is 0 Å². The van der Waals surface area contributed by atoms with Crippen LogP contribution >= 0.6 is 15.9 Å². The van der Waals surface area contributed by atoms with Crippen LogP contribution < -0.4 is 4.74 Å². The zero-order chi connectivity index (χ0) is 25.1. The third-order valence-corrected chi connectivity index (χ3v) is 6.73. The van der Waals surface area contributed by atoms with E-state index in [1.807, 2.05) is 37.3 Å². The second kappa shape index (κ2) is 10.7. The van der Waals surface area contributed by atoms with Gasteiger partial charge >= 0.3 is 5.97 Å². The predicted octanol–water partition coefficient (Wildman–Crippen LogP) is 7.37. The highest BCUT2D eigenvalue weighted by molar-refractivity contribution is 9.10. The lowest BCUT2D eigenvalue weighted by Gasteiger charge is -2.43. The van der Waals surface area contributed by atoms with E-state index in [0.717, 1.165) is 16.7 Å². The molecule has 35 heavy (non-hydrogen) atoms. The summed E-state index contributed by atoms with van der Waals surface area (Å²) in [6.45, 7) is 5.38. The molecule has 1 fully saturated rings. The van der Waals surface area contributed by atoms with Gasteiger partial charge in [0.25, 0.3) is 0 Å². The molecule has 182 valence electrons. The summed E-state index contributed by atoms with van der Waals surface area (Å²) in [6, 6.07) is 19.0. The molecule has 0 bridgehead atoms. The molecule has 0 unspecified atom stereocenters. The molecule has 0 aliphatic carbocycles. The largest absolute Gasteiger partial charge is 0.479 e. The van der Waals surface area contributed by atoms with Gasteiger partial charge in [0.1, 0.15) is 5.82 Å². The molecule has 1 N–H and O–H groups in total. The van der Waals surface area contributed by atoms with Crippen molar-refractivity contribution in [2.75, 3.05) is 6.61 Å². The molecule has 4 atom stereocenters. The first-order valence-corrected chi connectivity index (χ1v) is 12.0. The SMILES string of the molecule is C=C(C)[C@H]1C[C@H](c2ccccc2)[C@H](c2ccc(F)cc2)O[C@@H]1c1cc(Br)cc(F)c1OCC(=O)O. The van der Waals surface area contributed by atoms with E-state index in [0.29, 0.717) is 16.5 Å². The Morgan fingerprint density at radius 3 is 2.40 bits per heavy atom. The number of ether oxygens (including phenoxy) is 2. The third kappa shape index (κ3) is 5.63. The molecule has 4 nitrogen and oxygen atoms in total. The van der Waals surface area contributed by atoms with Gasteiger partial charge in [0.05, 0.1) is 12.2 Å². The van der Waals surface area contributed by atoms with Gasteiger partial charge in [0.15, 0.2) is 18.2 Å². The number of halogens is 3. The number of rotatable bonds is 7. The van der Waals surface area contributed by atoms with Crippen LogP contribution in [0.3, 0.4) is 0 Å². The van der Waals surface area contributed by atoms with Gasteiger partial charge in [-0.1, -0.05) is 70.5 Å². The standard InChI is InChI=1S/C28H25BrF2O4/c1-16(2)21-14-22(17-6-4-3-5-7-17)26(18-8-10-20(30)11-9-18)35-27(21)23-12-19(29)13-24(31)28(23)34-15-25(32)33/h3-13,21-22,26-27H,1,14-15H2,2H3,(H,32,33)/t21-,22-,26+,27+/m1/s1. The highest BCUT2D eigenvalue weighted by Crippen LogP contribution is 2.53. The highest BCUT2D eigenvalue weighted by atomic mass is 79.9. The molecule has 3 aromatic carbocycles. The van der Waals surface area contributed by atoms with Crippen LogP contribution in [0.15, 0.2) is 83.4 Å². The molecule has 0 aromatic heterocycles. The summed E-state index contributed by atoms with van der Waals surface area (Å²) in [6.07, 6.45) is -0.496. The summed E-state index contributed by atoms with van der Waals surface area (Å²) in [5, 5.41) is 9.10. The Kier molecular flexibility index (Phi) is 7.67. The Morgan fingerprint density at radius 1 is 1.09 bits per heavy atom. The van der Waals surface area contributed by atoms with Gasteiger partial charge in [0, 0.05) is 21.9 Å². The van der Waals surface area contributed by atoms with E-state index in [1.165, 1.54) is 18.2 Å². The van der Waals surface area contributed by atoms with Crippen molar-refractivity contribution in [3.63, 3.8) is 0 Å².